The Kier molecular flexibility index (Phi) is 3.22. The number of rotatable bonds is 2. The van der Waals surface area contributed by atoms with Crippen LogP contribution in [0.5, 0.6) is 0 Å². The van der Waals surface area contributed by atoms with Crippen molar-refractivity contribution in [1.29, 1.82) is 0 Å². The van der Waals surface area contributed by atoms with Gasteiger partial charge >= 0.3 is 0 Å². The van der Waals surface area contributed by atoms with Crippen molar-refractivity contribution < 1.29 is 0 Å². The number of hydrogen-bond acceptors (Lipinski definition) is 2. The molecule has 0 fully saturated rings. The Morgan fingerprint density at radius 3 is 2.75 bits per heavy atom. The van der Waals surface area contributed by atoms with E-state index in [9.17, 15) is 0 Å². The Balaban J connectivity index is 2.60. The topological polar surface area (TPSA) is 38.9 Å². The van der Waals surface area contributed by atoms with Crippen LogP contribution in [-0.2, 0) is 6.54 Å². The van der Waals surface area contributed by atoms with E-state index in [0.29, 0.717) is 11.6 Å². The molecule has 0 spiro atoms. The molecule has 0 aliphatic carbocycles. The molecule has 1 aromatic heterocycles. The summed E-state index contributed by atoms with van der Waals surface area (Å²) in [5, 5.41) is 0.714. The molecule has 0 unspecified atom stereocenters. The van der Waals surface area contributed by atoms with Crippen molar-refractivity contribution in [1.82, 2.24) is 4.98 Å². The van der Waals surface area contributed by atoms with Gasteiger partial charge in [0.2, 0.25) is 0 Å². The van der Waals surface area contributed by atoms with E-state index in [4.69, 9.17) is 17.3 Å². The highest BCUT2D eigenvalue weighted by molar-refractivity contribution is 6.30. The largest absolute Gasteiger partial charge is 0.326 e. The first-order chi connectivity index (χ1) is 7.72. The van der Waals surface area contributed by atoms with Crippen LogP contribution in [0, 0.1) is 6.92 Å². The lowest BCUT2D eigenvalue weighted by Crippen LogP contribution is -1.99. The van der Waals surface area contributed by atoms with E-state index < -0.39 is 0 Å². The van der Waals surface area contributed by atoms with Crippen LogP contribution in [0.1, 0.15) is 11.1 Å². The standard InChI is InChI=1S/C13H13ClN2/c1-9-4-5-16-8-13(9)12-3-2-11(14)6-10(12)7-15/h2-6,8H,7,15H2,1H3. The fourth-order valence-corrected chi connectivity index (χ4v) is 1.93. The van der Waals surface area contributed by atoms with Gasteiger partial charge in [-0.2, -0.15) is 0 Å². The highest BCUT2D eigenvalue weighted by atomic mass is 35.5. The highest BCUT2D eigenvalue weighted by Crippen LogP contribution is 2.27. The van der Waals surface area contributed by atoms with Gasteiger partial charge in [-0.25, -0.2) is 0 Å². The fourth-order valence-electron chi connectivity index (χ4n) is 1.74. The van der Waals surface area contributed by atoms with Crippen molar-refractivity contribution in [2.75, 3.05) is 0 Å². The monoisotopic (exact) mass is 232 g/mol. The normalized spacial score (nSPS) is 10.4. The molecule has 2 aromatic rings. The van der Waals surface area contributed by atoms with Crippen molar-refractivity contribution in [2.24, 2.45) is 5.73 Å². The molecule has 0 bridgehead atoms. The van der Waals surface area contributed by atoms with Crippen LogP contribution >= 0.6 is 11.6 Å². The molecule has 0 atom stereocenters. The molecule has 3 heteroatoms. The molecule has 2 N–H and O–H groups in total. The first-order valence-electron chi connectivity index (χ1n) is 5.12. The average molecular weight is 233 g/mol. The molecule has 2 rings (SSSR count). The molecule has 1 aromatic carbocycles. The molecule has 2 nitrogen and oxygen atoms in total. The lowest BCUT2D eigenvalue weighted by atomic mass is 9.98. The lowest BCUT2D eigenvalue weighted by Gasteiger charge is -2.10. The van der Waals surface area contributed by atoms with E-state index in [1.807, 2.05) is 30.5 Å². The van der Waals surface area contributed by atoms with Crippen LogP contribution in [0.4, 0.5) is 0 Å². The Morgan fingerprint density at radius 2 is 2.06 bits per heavy atom. The predicted octanol–water partition coefficient (Wildman–Crippen LogP) is 3.17. The second-order valence-electron chi connectivity index (χ2n) is 3.70. The second kappa shape index (κ2) is 4.64. The molecule has 0 radical (unpaired) electrons. The van der Waals surface area contributed by atoms with Gasteiger partial charge in [0, 0.05) is 29.5 Å². The Labute approximate surface area is 100 Å². The zero-order valence-corrected chi connectivity index (χ0v) is 9.83. The third-order valence-electron chi connectivity index (χ3n) is 2.62. The summed E-state index contributed by atoms with van der Waals surface area (Å²) in [5.74, 6) is 0. The maximum atomic E-state index is 5.95. The van der Waals surface area contributed by atoms with Crippen molar-refractivity contribution >= 4 is 11.6 Å². The number of hydrogen-bond donors (Lipinski definition) is 1. The first kappa shape index (κ1) is 11.1. The zero-order valence-electron chi connectivity index (χ0n) is 9.07. The Hall–Kier alpha value is -1.38. The van der Waals surface area contributed by atoms with Gasteiger partial charge in [-0.3, -0.25) is 4.98 Å². The zero-order chi connectivity index (χ0) is 11.5. The van der Waals surface area contributed by atoms with Crippen LogP contribution in [0.2, 0.25) is 5.02 Å². The van der Waals surface area contributed by atoms with Gasteiger partial charge < -0.3 is 5.73 Å². The van der Waals surface area contributed by atoms with Crippen LogP contribution in [-0.4, -0.2) is 4.98 Å². The molecule has 0 aliphatic heterocycles. The van der Waals surface area contributed by atoms with Crippen LogP contribution in [0.25, 0.3) is 11.1 Å². The van der Waals surface area contributed by atoms with Gasteiger partial charge in [0.25, 0.3) is 0 Å². The van der Waals surface area contributed by atoms with Gasteiger partial charge in [-0.05, 0) is 41.8 Å². The molecule has 0 saturated carbocycles. The van der Waals surface area contributed by atoms with Crippen molar-refractivity contribution in [2.45, 2.75) is 13.5 Å². The van der Waals surface area contributed by atoms with Gasteiger partial charge in [0.15, 0.2) is 0 Å². The quantitative estimate of drug-likeness (QED) is 0.864. The average Bonchev–Trinajstić information content (AvgIpc) is 2.30. The molecular formula is C13H13ClN2. The summed E-state index contributed by atoms with van der Waals surface area (Å²) < 4.78 is 0. The summed E-state index contributed by atoms with van der Waals surface area (Å²) in [4.78, 5) is 4.15. The van der Waals surface area contributed by atoms with E-state index in [0.717, 1.165) is 16.7 Å². The first-order valence-corrected chi connectivity index (χ1v) is 5.49. The minimum Gasteiger partial charge on any atom is -0.326 e. The van der Waals surface area contributed by atoms with Gasteiger partial charge in [-0.15, -0.1) is 0 Å². The molecule has 1 heterocycles. The maximum absolute atomic E-state index is 5.95. The SMILES string of the molecule is Cc1ccncc1-c1ccc(Cl)cc1CN. The van der Waals surface area contributed by atoms with Crippen LogP contribution < -0.4 is 5.73 Å². The summed E-state index contributed by atoms with van der Waals surface area (Å²) in [5.41, 5.74) is 10.2. The Morgan fingerprint density at radius 1 is 1.25 bits per heavy atom. The lowest BCUT2D eigenvalue weighted by molar-refractivity contribution is 1.07. The second-order valence-corrected chi connectivity index (χ2v) is 4.13. The minimum atomic E-state index is 0.476. The summed E-state index contributed by atoms with van der Waals surface area (Å²) in [7, 11) is 0. The van der Waals surface area contributed by atoms with Crippen molar-refractivity contribution in [3.05, 3.63) is 52.8 Å². The molecule has 82 valence electrons. The predicted molar refractivity (Wildman–Crippen MR) is 67.3 cm³/mol. The number of benzene rings is 1. The van der Waals surface area contributed by atoms with E-state index >= 15 is 0 Å². The van der Waals surface area contributed by atoms with E-state index in [2.05, 4.69) is 11.9 Å². The summed E-state index contributed by atoms with van der Waals surface area (Å²) in [6.45, 7) is 2.54. The number of aryl methyl sites for hydroxylation is 1. The van der Waals surface area contributed by atoms with Gasteiger partial charge in [-0.1, -0.05) is 17.7 Å². The number of aromatic nitrogens is 1. The molecule has 16 heavy (non-hydrogen) atoms. The third-order valence-corrected chi connectivity index (χ3v) is 2.85. The number of nitrogens with two attached hydrogens (primary N) is 1. The van der Waals surface area contributed by atoms with Crippen LogP contribution in [0.3, 0.4) is 0 Å². The van der Waals surface area contributed by atoms with Gasteiger partial charge in [0.05, 0.1) is 0 Å². The van der Waals surface area contributed by atoms with E-state index in [1.54, 1.807) is 6.20 Å². The fraction of sp³-hybridized carbons (Fsp3) is 0.154. The maximum Gasteiger partial charge on any atom is 0.0409 e. The van der Waals surface area contributed by atoms with E-state index in [-0.39, 0.29) is 0 Å². The smallest absolute Gasteiger partial charge is 0.0409 e. The van der Waals surface area contributed by atoms with Crippen molar-refractivity contribution in [3.8, 4) is 11.1 Å². The minimum absolute atomic E-state index is 0.476. The number of halogens is 1. The van der Waals surface area contributed by atoms with E-state index in [1.165, 1.54) is 5.56 Å². The summed E-state index contributed by atoms with van der Waals surface area (Å²) >= 11 is 5.95. The molecule has 0 aliphatic rings. The van der Waals surface area contributed by atoms with Crippen molar-refractivity contribution in [3.63, 3.8) is 0 Å². The summed E-state index contributed by atoms with van der Waals surface area (Å²) in [6, 6.07) is 7.77. The number of nitrogens with zero attached hydrogens (tertiary/aromatic N) is 1. The highest BCUT2D eigenvalue weighted by Gasteiger charge is 2.07. The summed E-state index contributed by atoms with van der Waals surface area (Å²) in [6.07, 6.45) is 3.65. The van der Waals surface area contributed by atoms with Gasteiger partial charge in [0.1, 0.15) is 0 Å². The number of pyridine rings is 1. The van der Waals surface area contributed by atoms with Crippen LogP contribution in [0.15, 0.2) is 36.7 Å². The molecule has 0 saturated heterocycles. The molecular weight excluding hydrogens is 220 g/mol. The Bertz CT molecular complexity index is 509. The third kappa shape index (κ3) is 2.08. The molecule has 0 amide bonds.